The Balaban J connectivity index is 0.000000225. The molecule has 44 heavy (non-hydrogen) atoms. The second-order valence-corrected chi connectivity index (χ2v) is 12.4. The largest absolute Gasteiger partial charge is 0.536 e. The molecule has 1 heterocycles. The third-order valence-electron chi connectivity index (χ3n) is 6.47. The molecule has 0 aliphatic carbocycles. The number of nitrogens with two attached hydrogens (primary N) is 1. The zero-order chi connectivity index (χ0) is 33.1. The van der Waals surface area contributed by atoms with Crippen LogP contribution < -0.4 is 5.73 Å². The van der Waals surface area contributed by atoms with Gasteiger partial charge in [0.15, 0.2) is 0 Å². The minimum atomic E-state index is -4.66. The van der Waals surface area contributed by atoms with Crippen molar-refractivity contribution in [1.82, 2.24) is 0 Å². The average molecular weight is 643 g/mol. The Morgan fingerprint density at radius 3 is 1.70 bits per heavy atom. The third-order valence-corrected chi connectivity index (χ3v) is 8.22. The third kappa shape index (κ3) is 10.4. The average Bonchev–Trinajstić information content (AvgIpc) is 3.30. The predicted molar refractivity (Wildman–Crippen MR) is 172 cm³/mol. The quantitative estimate of drug-likeness (QED) is 0.155. The SMILES string of the molecule is C=[N+]1[CH-]C=[N+](S(=O)(=O)F)[C-]1C.CC#N.C[C@H](CS(=O)(=O)F)c1cccc2ccccc12.C[C@H](N)c1cccc2ccccc12. The zero-order valence-corrected chi connectivity index (χ0v) is 26.6. The molecule has 0 saturated heterocycles. The Hall–Kier alpha value is -4.31. The van der Waals surface area contributed by atoms with Crippen molar-refractivity contribution in [2.45, 2.75) is 39.7 Å². The van der Waals surface area contributed by atoms with Gasteiger partial charge < -0.3 is 10.3 Å². The molecule has 1 aliphatic heterocycles. The van der Waals surface area contributed by atoms with Crippen LogP contribution in [0.5, 0.6) is 0 Å². The normalized spacial score (nSPS) is 13.9. The van der Waals surface area contributed by atoms with Gasteiger partial charge in [-0.2, -0.15) is 13.7 Å². The van der Waals surface area contributed by atoms with Crippen LogP contribution in [0.1, 0.15) is 50.8 Å². The molecule has 0 saturated carbocycles. The second-order valence-electron chi connectivity index (χ2n) is 9.81. The molecule has 0 bridgehead atoms. The van der Waals surface area contributed by atoms with Gasteiger partial charge in [0.05, 0.1) is 11.8 Å². The highest BCUT2D eigenvalue weighted by atomic mass is 32.3. The summed E-state index contributed by atoms with van der Waals surface area (Å²) in [6.07, 6.45) is 1.31. The highest BCUT2D eigenvalue weighted by molar-refractivity contribution is 7.86. The van der Waals surface area contributed by atoms with Crippen LogP contribution in [0.25, 0.3) is 21.5 Å². The Kier molecular flexibility index (Phi) is 13.0. The monoisotopic (exact) mass is 642 g/mol. The first-order valence-corrected chi connectivity index (χ1v) is 16.3. The zero-order valence-electron chi connectivity index (χ0n) is 24.9. The van der Waals surface area contributed by atoms with Crippen LogP contribution in [0.3, 0.4) is 0 Å². The van der Waals surface area contributed by atoms with Crippen molar-refractivity contribution in [3.63, 3.8) is 0 Å². The molecular weight excluding hydrogens is 607 g/mol. The fourth-order valence-corrected chi connectivity index (χ4v) is 5.83. The fraction of sp³-hybridized carbons (Fsp3) is 0.219. The highest BCUT2D eigenvalue weighted by Gasteiger charge is 2.31. The number of benzene rings is 4. The molecule has 0 spiro atoms. The Bertz CT molecular complexity index is 1880. The predicted octanol–water partition coefficient (Wildman–Crippen LogP) is 6.31. The molecule has 0 amide bonds. The molecule has 5 rings (SSSR count). The Morgan fingerprint density at radius 1 is 0.886 bits per heavy atom. The fourth-order valence-electron chi connectivity index (χ4n) is 4.43. The maximum Gasteiger partial charge on any atom is 0.536 e. The maximum atomic E-state index is 12.7. The summed E-state index contributed by atoms with van der Waals surface area (Å²) in [5.74, 6) is -0.822. The van der Waals surface area contributed by atoms with Gasteiger partial charge in [0, 0.05) is 19.5 Å². The van der Waals surface area contributed by atoms with E-state index in [0.29, 0.717) is 3.98 Å². The van der Waals surface area contributed by atoms with Gasteiger partial charge in [-0.05, 0) is 52.4 Å². The standard InChI is InChI=1S/C13H13FO2S.C12H13N.C5H7FN2O2S.C2H3N/c1-10(9-17(14,15)16)12-8-4-6-11-5-2-3-7-13(11)12;1-9(13)11-8-4-6-10-5-2-3-7-12(10)11;1-5-7(2)3-4-8(5)11(6,9)10;1-2-3/h2-8,10H,9H2,1H3;2-9H,13H2,1H3;3-4H,2H2,1H3;1H3/t10-;9-;;/m10../s1. The van der Waals surface area contributed by atoms with E-state index < -0.39 is 26.4 Å². The van der Waals surface area contributed by atoms with E-state index in [0.717, 1.165) is 22.6 Å². The molecular formula is C32H36F2N4O4S2. The summed E-state index contributed by atoms with van der Waals surface area (Å²) in [7, 11) is -9.10. The van der Waals surface area contributed by atoms with Gasteiger partial charge in [0.1, 0.15) is 6.21 Å². The highest BCUT2D eigenvalue weighted by Crippen LogP contribution is 2.27. The molecule has 4 aromatic carbocycles. The van der Waals surface area contributed by atoms with Crippen LogP contribution >= 0.6 is 0 Å². The van der Waals surface area contributed by atoms with E-state index in [9.17, 15) is 24.6 Å². The van der Waals surface area contributed by atoms with Crippen molar-refractivity contribution in [2.75, 3.05) is 5.75 Å². The number of hydrogen-bond acceptors (Lipinski definition) is 6. The molecule has 234 valence electrons. The minimum Gasteiger partial charge on any atom is -0.434 e. The lowest BCUT2D eigenvalue weighted by atomic mass is 9.96. The summed E-state index contributed by atoms with van der Waals surface area (Å²) in [6.45, 7) is 11.4. The second kappa shape index (κ2) is 16.0. The van der Waals surface area contributed by atoms with Crippen LogP contribution in [-0.4, -0.2) is 44.1 Å². The summed E-state index contributed by atoms with van der Waals surface area (Å²) in [4.78, 5) is 0. The van der Waals surface area contributed by atoms with Gasteiger partial charge in [-0.1, -0.05) is 102 Å². The van der Waals surface area contributed by atoms with E-state index in [-0.39, 0.29) is 18.1 Å². The van der Waals surface area contributed by atoms with Crippen molar-refractivity contribution in [3.8, 4) is 6.07 Å². The molecule has 0 fully saturated rings. The molecule has 2 N–H and O–H groups in total. The maximum absolute atomic E-state index is 12.7. The number of rotatable bonds is 5. The lowest BCUT2D eigenvalue weighted by molar-refractivity contribution is -0.585. The first-order chi connectivity index (χ1) is 20.6. The molecule has 4 aromatic rings. The van der Waals surface area contributed by atoms with Crippen LogP contribution in [-0.2, 0) is 20.6 Å². The van der Waals surface area contributed by atoms with Gasteiger partial charge in [0.25, 0.3) is 0 Å². The number of fused-ring (bicyclic) bond motifs is 2. The van der Waals surface area contributed by atoms with Crippen molar-refractivity contribution < 1.29 is 33.2 Å². The van der Waals surface area contributed by atoms with E-state index in [2.05, 4.69) is 37.0 Å². The summed E-state index contributed by atoms with van der Waals surface area (Å²) in [5, 5.41) is 11.9. The van der Waals surface area contributed by atoms with Gasteiger partial charge in [-0.3, -0.25) is 0 Å². The summed E-state index contributed by atoms with van der Waals surface area (Å²) in [5.41, 5.74) is 7.97. The van der Waals surface area contributed by atoms with Crippen LogP contribution in [0, 0.1) is 24.0 Å². The Morgan fingerprint density at radius 2 is 1.32 bits per heavy atom. The summed E-state index contributed by atoms with van der Waals surface area (Å²) in [6, 6.07) is 29.8. The number of nitriles is 1. The van der Waals surface area contributed by atoms with Gasteiger partial charge in [0.2, 0.25) is 6.17 Å². The summed E-state index contributed by atoms with van der Waals surface area (Å²) < 4.78 is 68.8. The van der Waals surface area contributed by atoms with Crippen molar-refractivity contribution >= 4 is 55.1 Å². The van der Waals surface area contributed by atoms with Crippen LogP contribution in [0.15, 0.2) is 84.9 Å². The molecule has 0 aromatic heterocycles. The van der Waals surface area contributed by atoms with E-state index in [1.807, 2.05) is 61.5 Å². The first kappa shape index (κ1) is 35.9. The summed E-state index contributed by atoms with van der Waals surface area (Å²) >= 11 is 0. The molecule has 0 unspecified atom stereocenters. The number of hydrogen-bond donors (Lipinski definition) is 1. The lowest BCUT2D eigenvalue weighted by Crippen LogP contribution is -2.20. The number of halogens is 2. The van der Waals surface area contributed by atoms with E-state index >= 15 is 0 Å². The van der Waals surface area contributed by atoms with Gasteiger partial charge in [-0.25, -0.2) is 0 Å². The number of nitrogens with zero attached hydrogens (tertiary/aromatic N) is 3. The van der Waals surface area contributed by atoms with E-state index in [1.54, 1.807) is 13.0 Å². The smallest absolute Gasteiger partial charge is 0.434 e. The van der Waals surface area contributed by atoms with Crippen molar-refractivity contribution in [2.24, 2.45) is 5.73 Å². The van der Waals surface area contributed by atoms with Gasteiger partial charge >= 0.3 is 20.6 Å². The van der Waals surface area contributed by atoms with Crippen molar-refractivity contribution in [3.05, 3.63) is 109 Å². The van der Waals surface area contributed by atoms with Crippen molar-refractivity contribution in [1.29, 1.82) is 5.26 Å². The van der Waals surface area contributed by atoms with Gasteiger partial charge in [-0.15, -0.1) is 16.3 Å². The van der Waals surface area contributed by atoms with Crippen LogP contribution in [0.2, 0.25) is 0 Å². The topological polar surface area (TPSA) is 124 Å². The molecule has 12 heteroatoms. The molecule has 2 atom stereocenters. The molecule has 1 aliphatic rings. The van der Waals surface area contributed by atoms with E-state index in [1.165, 1.54) is 41.3 Å². The Labute approximate surface area is 258 Å². The lowest BCUT2D eigenvalue weighted by Gasteiger charge is -2.12. The minimum absolute atomic E-state index is 0.103. The molecule has 8 nitrogen and oxygen atoms in total. The van der Waals surface area contributed by atoms with Crippen LogP contribution in [0.4, 0.5) is 7.77 Å². The van der Waals surface area contributed by atoms with E-state index in [4.69, 9.17) is 11.0 Å². The molecule has 0 radical (unpaired) electrons. The first-order valence-electron chi connectivity index (χ1n) is 13.4.